The van der Waals surface area contributed by atoms with Crippen LogP contribution in [0.15, 0.2) is 71.1 Å². The first-order chi connectivity index (χ1) is 10.8. The molecule has 3 heteroatoms. The van der Waals surface area contributed by atoms with Crippen LogP contribution < -0.4 is 4.74 Å². The topological polar surface area (TPSA) is 22.4 Å². The summed E-state index contributed by atoms with van der Waals surface area (Å²) in [6.45, 7) is 0.202. The number of furan rings is 1. The van der Waals surface area contributed by atoms with Crippen LogP contribution in [0.4, 0.5) is 4.39 Å². The monoisotopic (exact) mass is 292 g/mol. The Morgan fingerprint density at radius 3 is 2.50 bits per heavy atom. The van der Waals surface area contributed by atoms with Crippen molar-refractivity contribution in [1.82, 2.24) is 0 Å². The maximum Gasteiger partial charge on any atom is 0.135 e. The lowest BCUT2D eigenvalue weighted by molar-refractivity contribution is 0.300. The minimum absolute atomic E-state index is 0.202. The van der Waals surface area contributed by atoms with Gasteiger partial charge in [0.25, 0.3) is 0 Å². The highest BCUT2D eigenvalue weighted by Crippen LogP contribution is 2.31. The molecule has 1 heterocycles. The van der Waals surface area contributed by atoms with Crippen LogP contribution in [0.1, 0.15) is 5.56 Å². The van der Waals surface area contributed by atoms with Crippen LogP contribution >= 0.6 is 0 Å². The molecular formula is C19H13FO2. The van der Waals surface area contributed by atoms with E-state index in [1.54, 1.807) is 18.2 Å². The molecule has 0 saturated carbocycles. The third-order valence-electron chi connectivity index (χ3n) is 3.70. The van der Waals surface area contributed by atoms with Gasteiger partial charge in [-0.05, 0) is 30.3 Å². The molecule has 108 valence electrons. The van der Waals surface area contributed by atoms with E-state index in [-0.39, 0.29) is 12.4 Å². The van der Waals surface area contributed by atoms with E-state index in [0.717, 1.165) is 21.9 Å². The highest BCUT2D eigenvalue weighted by atomic mass is 19.1. The van der Waals surface area contributed by atoms with Crippen LogP contribution in [-0.2, 0) is 6.61 Å². The molecule has 22 heavy (non-hydrogen) atoms. The van der Waals surface area contributed by atoms with Crippen molar-refractivity contribution in [2.45, 2.75) is 6.61 Å². The molecule has 0 aliphatic carbocycles. The molecule has 4 rings (SSSR count). The molecule has 2 nitrogen and oxygen atoms in total. The van der Waals surface area contributed by atoms with Gasteiger partial charge in [0.2, 0.25) is 0 Å². The number of hydrogen-bond acceptors (Lipinski definition) is 2. The summed E-state index contributed by atoms with van der Waals surface area (Å²) in [6, 6.07) is 20.2. The van der Waals surface area contributed by atoms with E-state index in [1.165, 1.54) is 6.07 Å². The largest absolute Gasteiger partial charge is 0.489 e. The van der Waals surface area contributed by atoms with E-state index in [0.29, 0.717) is 11.3 Å². The second-order valence-electron chi connectivity index (χ2n) is 5.14. The highest BCUT2D eigenvalue weighted by molar-refractivity contribution is 6.05. The zero-order chi connectivity index (χ0) is 14.9. The van der Waals surface area contributed by atoms with Crippen LogP contribution in [0.3, 0.4) is 0 Å². The molecule has 0 N–H and O–H groups in total. The zero-order valence-corrected chi connectivity index (χ0v) is 11.8. The van der Waals surface area contributed by atoms with Crippen molar-refractivity contribution in [3.63, 3.8) is 0 Å². The number of para-hydroxylation sites is 1. The SMILES string of the molecule is Fc1ccccc1COc1ccc2oc3ccccc3c2c1. The summed E-state index contributed by atoms with van der Waals surface area (Å²) in [5, 5.41) is 2.05. The predicted octanol–water partition coefficient (Wildman–Crippen LogP) is 5.30. The van der Waals surface area contributed by atoms with Gasteiger partial charge in [-0.3, -0.25) is 0 Å². The number of rotatable bonds is 3. The minimum atomic E-state index is -0.252. The van der Waals surface area contributed by atoms with E-state index in [4.69, 9.17) is 9.15 Å². The summed E-state index contributed by atoms with van der Waals surface area (Å²) < 4.78 is 25.1. The van der Waals surface area contributed by atoms with Crippen molar-refractivity contribution >= 4 is 21.9 Å². The Balaban J connectivity index is 1.67. The molecule has 0 unspecified atom stereocenters. The van der Waals surface area contributed by atoms with Crippen molar-refractivity contribution < 1.29 is 13.5 Å². The van der Waals surface area contributed by atoms with E-state index >= 15 is 0 Å². The van der Waals surface area contributed by atoms with Crippen LogP contribution in [0.2, 0.25) is 0 Å². The van der Waals surface area contributed by atoms with Gasteiger partial charge in [0, 0.05) is 16.3 Å². The van der Waals surface area contributed by atoms with E-state index in [1.807, 2.05) is 42.5 Å². The summed E-state index contributed by atoms with van der Waals surface area (Å²) in [6.07, 6.45) is 0. The van der Waals surface area contributed by atoms with Crippen LogP contribution in [-0.4, -0.2) is 0 Å². The molecule has 0 spiro atoms. The summed E-state index contributed by atoms with van der Waals surface area (Å²) in [5.74, 6) is 0.444. The lowest BCUT2D eigenvalue weighted by atomic mass is 10.1. The fourth-order valence-electron chi connectivity index (χ4n) is 2.57. The van der Waals surface area contributed by atoms with Gasteiger partial charge in [0.15, 0.2) is 0 Å². The number of benzene rings is 3. The Bertz CT molecular complexity index is 956. The standard InChI is InChI=1S/C19H13FO2/c20-17-7-3-1-5-13(17)12-21-14-9-10-19-16(11-14)15-6-2-4-8-18(15)22-19/h1-11H,12H2. The van der Waals surface area contributed by atoms with Gasteiger partial charge >= 0.3 is 0 Å². The first kappa shape index (κ1) is 12.9. The molecule has 1 aromatic heterocycles. The van der Waals surface area contributed by atoms with Gasteiger partial charge in [-0.25, -0.2) is 4.39 Å². The van der Waals surface area contributed by atoms with Crippen molar-refractivity contribution in [2.24, 2.45) is 0 Å². The van der Waals surface area contributed by atoms with Crippen molar-refractivity contribution in [3.8, 4) is 5.75 Å². The summed E-state index contributed by atoms with van der Waals surface area (Å²) in [7, 11) is 0. The predicted molar refractivity (Wildman–Crippen MR) is 84.5 cm³/mol. The maximum atomic E-state index is 13.6. The van der Waals surface area contributed by atoms with Gasteiger partial charge in [-0.2, -0.15) is 0 Å². The van der Waals surface area contributed by atoms with Crippen molar-refractivity contribution in [1.29, 1.82) is 0 Å². The van der Waals surface area contributed by atoms with Crippen LogP contribution in [0.5, 0.6) is 5.75 Å². The first-order valence-corrected chi connectivity index (χ1v) is 7.09. The van der Waals surface area contributed by atoms with Gasteiger partial charge in [0.1, 0.15) is 29.3 Å². The molecule has 0 bridgehead atoms. The average Bonchev–Trinajstić information content (AvgIpc) is 2.92. The second kappa shape index (κ2) is 5.19. The fraction of sp³-hybridized carbons (Fsp3) is 0.0526. The summed E-state index contributed by atoms with van der Waals surface area (Å²) in [5.41, 5.74) is 2.21. The molecule has 0 amide bonds. The van der Waals surface area contributed by atoms with E-state index in [2.05, 4.69) is 0 Å². The molecule has 3 aromatic carbocycles. The number of halogens is 1. The Labute approximate surface area is 126 Å². The van der Waals surface area contributed by atoms with Gasteiger partial charge in [0.05, 0.1) is 0 Å². The molecule has 0 radical (unpaired) electrons. The molecule has 0 aliphatic heterocycles. The van der Waals surface area contributed by atoms with Gasteiger partial charge in [-0.1, -0.05) is 36.4 Å². The molecular weight excluding hydrogens is 279 g/mol. The molecule has 0 fully saturated rings. The highest BCUT2D eigenvalue weighted by Gasteiger charge is 2.08. The fourth-order valence-corrected chi connectivity index (χ4v) is 2.57. The smallest absolute Gasteiger partial charge is 0.135 e. The third kappa shape index (κ3) is 2.21. The third-order valence-corrected chi connectivity index (χ3v) is 3.70. The molecule has 4 aromatic rings. The number of fused-ring (bicyclic) bond motifs is 3. The molecule has 0 aliphatic rings. The second-order valence-corrected chi connectivity index (χ2v) is 5.14. The van der Waals surface area contributed by atoms with Crippen molar-refractivity contribution in [2.75, 3.05) is 0 Å². The van der Waals surface area contributed by atoms with Crippen LogP contribution in [0, 0.1) is 5.82 Å². The lowest BCUT2D eigenvalue weighted by Crippen LogP contribution is -1.97. The van der Waals surface area contributed by atoms with Crippen LogP contribution in [0.25, 0.3) is 21.9 Å². The Morgan fingerprint density at radius 2 is 1.59 bits per heavy atom. The van der Waals surface area contributed by atoms with Gasteiger partial charge < -0.3 is 9.15 Å². The first-order valence-electron chi connectivity index (χ1n) is 7.09. The average molecular weight is 292 g/mol. The summed E-state index contributed by atoms with van der Waals surface area (Å²) >= 11 is 0. The van der Waals surface area contributed by atoms with Crippen molar-refractivity contribution in [3.05, 3.63) is 78.1 Å². The molecule has 0 saturated heterocycles. The summed E-state index contributed by atoms with van der Waals surface area (Å²) in [4.78, 5) is 0. The quantitative estimate of drug-likeness (QED) is 0.511. The maximum absolute atomic E-state index is 13.6. The van der Waals surface area contributed by atoms with E-state index in [9.17, 15) is 4.39 Å². The molecule has 0 atom stereocenters. The Hall–Kier alpha value is -2.81. The minimum Gasteiger partial charge on any atom is -0.489 e. The Morgan fingerprint density at radius 1 is 0.818 bits per heavy atom. The number of hydrogen-bond donors (Lipinski definition) is 0. The number of ether oxygens (including phenoxy) is 1. The van der Waals surface area contributed by atoms with Gasteiger partial charge in [-0.15, -0.1) is 0 Å². The normalized spacial score (nSPS) is 11.1. The lowest BCUT2D eigenvalue weighted by Gasteiger charge is -2.07. The Kier molecular flexibility index (Phi) is 3.04. The van der Waals surface area contributed by atoms with E-state index < -0.39 is 0 Å². The zero-order valence-electron chi connectivity index (χ0n) is 11.8.